The number of nitriles is 1. The van der Waals surface area contributed by atoms with E-state index >= 15 is 0 Å². The molecule has 1 unspecified atom stereocenters. The number of pyridine rings is 1. The van der Waals surface area contributed by atoms with Crippen LogP contribution in [0.1, 0.15) is 31.4 Å². The molecule has 80 valence electrons. The van der Waals surface area contributed by atoms with Crippen LogP contribution in [0.15, 0.2) is 24.5 Å². The Balaban J connectivity index is 2.68. The van der Waals surface area contributed by atoms with Gasteiger partial charge in [0.1, 0.15) is 6.04 Å². The Bertz CT molecular complexity index is 315. The topological polar surface area (TPSA) is 39.9 Å². The van der Waals surface area contributed by atoms with Gasteiger partial charge in [-0.05, 0) is 26.1 Å². The molecule has 1 heterocycles. The smallest absolute Gasteiger partial charge is 0.125 e. The Hall–Kier alpha value is -1.40. The molecule has 15 heavy (non-hydrogen) atoms. The second kappa shape index (κ2) is 6.15. The molecule has 1 aromatic heterocycles. The summed E-state index contributed by atoms with van der Waals surface area (Å²) in [6.45, 7) is 3.10. The summed E-state index contributed by atoms with van der Waals surface area (Å²) in [5.74, 6) is 0. The molecular formula is C12H17N3. The first-order valence-corrected chi connectivity index (χ1v) is 5.29. The quantitative estimate of drug-likeness (QED) is 0.737. The fourth-order valence-corrected chi connectivity index (χ4v) is 1.50. The molecule has 0 radical (unpaired) electrons. The second-order valence-electron chi connectivity index (χ2n) is 3.65. The molecule has 0 spiro atoms. The highest BCUT2D eigenvalue weighted by atomic mass is 15.1. The van der Waals surface area contributed by atoms with Crippen molar-refractivity contribution in [2.24, 2.45) is 0 Å². The van der Waals surface area contributed by atoms with Crippen LogP contribution in [-0.2, 0) is 0 Å². The third-order valence-electron chi connectivity index (χ3n) is 2.43. The average Bonchev–Trinajstić information content (AvgIpc) is 2.29. The normalized spacial score (nSPS) is 12.4. The summed E-state index contributed by atoms with van der Waals surface area (Å²) >= 11 is 0. The van der Waals surface area contributed by atoms with Crippen LogP contribution < -0.4 is 0 Å². The number of aromatic nitrogens is 1. The zero-order chi connectivity index (χ0) is 11.1. The lowest BCUT2D eigenvalue weighted by molar-refractivity contribution is 0.286. The van der Waals surface area contributed by atoms with Crippen molar-refractivity contribution in [1.29, 1.82) is 5.26 Å². The van der Waals surface area contributed by atoms with E-state index in [0.29, 0.717) is 0 Å². The largest absolute Gasteiger partial charge is 0.287 e. The molecular weight excluding hydrogens is 186 g/mol. The van der Waals surface area contributed by atoms with Gasteiger partial charge >= 0.3 is 0 Å². The number of hydrogen-bond acceptors (Lipinski definition) is 3. The lowest BCUT2D eigenvalue weighted by Crippen LogP contribution is -2.24. The van der Waals surface area contributed by atoms with Crippen LogP contribution >= 0.6 is 0 Å². The van der Waals surface area contributed by atoms with Gasteiger partial charge in [0.05, 0.1) is 6.07 Å². The highest BCUT2D eigenvalue weighted by Gasteiger charge is 2.15. The molecule has 1 atom stereocenters. The van der Waals surface area contributed by atoms with Crippen LogP contribution in [0.4, 0.5) is 0 Å². The highest BCUT2D eigenvalue weighted by Crippen LogP contribution is 2.17. The van der Waals surface area contributed by atoms with E-state index in [0.717, 1.165) is 24.9 Å². The molecule has 0 amide bonds. The Labute approximate surface area is 91.4 Å². The molecule has 0 aromatic carbocycles. The van der Waals surface area contributed by atoms with Crippen molar-refractivity contribution < 1.29 is 0 Å². The van der Waals surface area contributed by atoms with E-state index in [1.54, 1.807) is 12.4 Å². The summed E-state index contributed by atoms with van der Waals surface area (Å²) in [4.78, 5) is 6.11. The van der Waals surface area contributed by atoms with E-state index in [1.165, 1.54) is 0 Å². The first-order valence-electron chi connectivity index (χ1n) is 5.29. The maximum absolute atomic E-state index is 9.13. The molecule has 0 saturated heterocycles. The van der Waals surface area contributed by atoms with Crippen molar-refractivity contribution in [3.63, 3.8) is 0 Å². The van der Waals surface area contributed by atoms with Crippen molar-refractivity contribution in [1.82, 2.24) is 9.88 Å². The molecule has 0 aliphatic carbocycles. The monoisotopic (exact) mass is 203 g/mol. The van der Waals surface area contributed by atoms with E-state index in [2.05, 4.69) is 22.9 Å². The number of rotatable bonds is 5. The molecule has 3 nitrogen and oxygen atoms in total. The molecule has 0 aliphatic rings. The van der Waals surface area contributed by atoms with Gasteiger partial charge in [0, 0.05) is 18.0 Å². The summed E-state index contributed by atoms with van der Waals surface area (Å²) in [5, 5.41) is 9.13. The lowest BCUT2D eigenvalue weighted by Gasteiger charge is -2.21. The van der Waals surface area contributed by atoms with Gasteiger partial charge in [-0.15, -0.1) is 0 Å². The summed E-state index contributed by atoms with van der Waals surface area (Å²) in [6, 6.07) is 5.95. The fourth-order valence-electron chi connectivity index (χ4n) is 1.50. The minimum absolute atomic E-state index is 0.176. The summed E-state index contributed by atoms with van der Waals surface area (Å²) in [7, 11) is 1.98. The predicted molar refractivity (Wildman–Crippen MR) is 60.1 cm³/mol. The molecule has 0 N–H and O–H groups in total. The molecule has 0 saturated carbocycles. The third kappa shape index (κ3) is 3.34. The van der Waals surface area contributed by atoms with E-state index in [9.17, 15) is 0 Å². The van der Waals surface area contributed by atoms with Crippen LogP contribution in [0.2, 0.25) is 0 Å². The summed E-state index contributed by atoms with van der Waals surface area (Å²) in [5.41, 5.74) is 0.971. The SMILES string of the molecule is CCCCN(C)C(C#N)c1cccnc1. The standard InChI is InChI=1S/C12H17N3/c1-3-4-8-15(2)12(9-13)11-6-5-7-14-10-11/h5-7,10,12H,3-4,8H2,1-2H3. The van der Waals surface area contributed by atoms with Crippen molar-refractivity contribution >= 4 is 0 Å². The molecule has 1 rings (SSSR count). The van der Waals surface area contributed by atoms with Crippen molar-refractivity contribution in [3.8, 4) is 6.07 Å². The third-order valence-corrected chi connectivity index (χ3v) is 2.43. The molecule has 0 bridgehead atoms. The van der Waals surface area contributed by atoms with Gasteiger partial charge in [0.25, 0.3) is 0 Å². The van der Waals surface area contributed by atoms with Crippen LogP contribution in [0.5, 0.6) is 0 Å². The number of unbranched alkanes of at least 4 members (excludes halogenated alkanes) is 1. The Morgan fingerprint density at radius 2 is 2.40 bits per heavy atom. The second-order valence-corrected chi connectivity index (χ2v) is 3.65. The average molecular weight is 203 g/mol. The summed E-state index contributed by atoms with van der Waals surface area (Å²) < 4.78 is 0. The molecule has 3 heteroatoms. The minimum Gasteiger partial charge on any atom is -0.287 e. The van der Waals surface area contributed by atoms with Gasteiger partial charge in [0.2, 0.25) is 0 Å². The number of nitrogens with zero attached hydrogens (tertiary/aromatic N) is 3. The van der Waals surface area contributed by atoms with E-state index in [1.807, 2.05) is 19.2 Å². The van der Waals surface area contributed by atoms with Gasteiger partial charge < -0.3 is 0 Å². The molecule has 0 fully saturated rings. The molecule has 0 aliphatic heterocycles. The van der Waals surface area contributed by atoms with Crippen LogP contribution in [-0.4, -0.2) is 23.5 Å². The van der Waals surface area contributed by atoms with Crippen molar-refractivity contribution in [2.75, 3.05) is 13.6 Å². The van der Waals surface area contributed by atoms with Crippen LogP contribution in [0, 0.1) is 11.3 Å². The maximum Gasteiger partial charge on any atom is 0.125 e. The summed E-state index contributed by atoms with van der Waals surface area (Å²) in [6.07, 6.45) is 5.75. The van der Waals surface area contributed by atoms with Gasteiger partial charge in [-0.3, -0.25) is 9.88 Å². The number of hydrogen-bond donors (Lipinski definition) is 0. The van der Waals surface area contributed by atoms with Gasteiger partial charge in [-0.2, -0.15) is 5.26 Å². The Morgan fingerprint density at radius 3 is 2.93 bits per heavy atom. The maximum atomic E-state index is 9.13. The van der Waals surface area contributed by atoms with Crippen molar-refractivity contribution in [3.05, 3.63) is 30.1 Å². The minimum atomic E-state index is -0.176. The van der Waals surface area contributed by atoms with E-state index in [-0.39, 0.29) is 6.04 Å². The van der Waals surface area contributed by atoms with Gasteiger partial charge in [-0.1, -0.05) is 19.4 Å². The molecule has 1 aromatic rings. The van der Waals surface area contributed by atoms with Gasteiger partial charge in [0.15, 0.2) is 0 Å². The van der Waals surface area contributed by atoms with Crippen molar-refractivity contribution in [2.45, 2.75) is 25.8 Å². The first kappa shape index (κ1) is 11.7. The van der Waals surface area contributed by atoms with Crippen LogP contribution in [0.3, 0.4) is 0 Å². The Morgan fingerprint density at radius 1 is 1.60 bits per heavy atom. The zero-order valence-electron chi connectivity index (χ0n) is 9.35. The zero-order valence-corrected chi connectivity index (χ0v) is 9.35. The fraction of sp³-hybridized carbons (Fsp3) is 0.500. The first-order chi connectivity index (χ1) is 7.29. The predicted octanol–water partition coefficient (Wildman–Crippen LogP) is 2.38. The van der Waals surface area contributed by atoms with Crippen LogP contribution in [0.25, 0.3) is 0 Å². The highest BCUT2D eigenvalue weighted by molar-refractivity contribution is 5.20. The van der Waals surface area contributed by atoms with E-state index < -0.39 is 0 Å². The van der Waals surface area contributed by atoms with Gasteiger partial charge in [-0.25, -0.2) is 0 Å². The lowest BCUT2D eigenvalue weighted by atomic mass is 10.1. The van der Waals surface area contributed by atoms with E-state index in [4.69, 9.17) is 5.26 Å². The Kier molecular flexibility index (Phi) is 4.79.